The fraction of sp³-hybridized carbons (Fsp3) is 0.409. The van der Waals surface area contributed by atoms with Crippen molar-refractivity contribution in [1.29, 1.82) is 0 Å². The predicted octanol–water partition coefficient (Wildman–Crippen LogP) is 3.93. The van der Waals surface area contributed by atoms with Crippen molar-refractivity contribution in [3.8, 4) is 11.5 Å². The predicted molar refractivity (Wildman–Crippen MR) is 116 cm³/mol. The lowest BCUT2D eigenvalue weighted by Crippen LogP contribution is -2.36. The molecule has 7 heteroatoms. The largest absolute Gasteiger partial charge is 0.411 e. The summed E-state index contributed by atoms with van der Waals surface area (Å²) < 4.78 is 5.79. The van der Waals surface area contributed by atoms with E-state index in [1.54, 1.807) is 0 Å². The first kappa shape index (κ1) is 19.9. The maximum atomic E-state index is 12.6. The van der Waals surface area contributed by atoms with E-state index in [1.165, 1.54) is 17.1 Å². The van der Waals surface area contributed by atoms with Crippen molar-refractivity contribution in [3.05, 3.63) is 42.5 Å². The molecule has 4 rings (SSSR count). The number of amides is 1. The van der Waals surface area contributed by atoms with Gasteiger partial charge in [0, 0.05) is 25.2 Å². The van der Waals surface area contributed by atoms with Crippen LogP contribution in [0, 0.1) is 0 Å². The Morgan fingerprint density at radius 1 is 1.07 bits per heavy atom. The van der Waals surface area contributed by atoms with E-state index in [4.69, 9.17) is 4.42 Å². The summed E-state index contributed by atoms with van der Waals surface area (Å²) in [6.07, 6.45) is 2.18. The van der Waals surface area contributed by atoms with Gasteiger partial charge in [0.25, 0.3) is 5.22 Å². The van der Waals surface area contributed by atoms with E-state index >= 15 is 0 Å². The third-order valence-electron chi connectivity index (χ3n) is 5.20. The fourth-order valence-electron chi connectivity index (χ4n) is 3.68. The first-order valence-corrected chi connectivity index (χ1v) is 11.2. The number of hydrogen-bond donors (Lipinski definition) is 0. The Labute approximate surface area is 175 Å². The van der Waals surface area contributed by atoms with Crippen molar-refractivity contribution in [2.45, 2.75) is 25.0 Å². The number of fused-ring (bicyclic) bond motifs is 1. The van der Waals surface area contributed by atoms with Gasteiger partial charge in [0.2, 0.25) is 11.8 Å². The number of benzene rings is 2. The van der Waals surface area contributed by atoms with E-state index in [0.717, 1.165) is 56.5 Å². The number of carbonyl (C=O) groups excluding carboxylic acids is 1. The second-order valence-electron chi connectivity index (χ2n) is 7.30. The minimum atomic E-state index is 0.138. The van der Waals surface area contributed by atoms with Crippen LogP contribution in [0.25, 0.3) is 22.2 Å². The van der Waals surface area contributed by atoms with E-state index in [9.17, 15) is 4.79 Å². The van der Waals surface area contributed by atoms with Gasteiger partial charge in [-0.05, 0) is 48.8 Å². The molecule has 1 fully saturated rings. The molecule has 0 unspecified atom stereocenters. The molecule has 0 aliphatic carbocycles. The molecule has 0 spiro atoms. The topological polar surface area (TPSA) is 62.5 Å². The van der Waals surface area contributed by atoms with Gasteiger partial charge < -0.3 is 14.2 Å². The third-order valence-corrected chi connectivity index (χ3v) is 6.01. The van der Waals surface area contributed by atoms with Crippen molar-refractivity contribution in [1.82, 2.24) is 20.0 Å². The van der Waals surface area contributed by atoms with E-state index in [2.05, 4.69) is 34.2 Å². The molecule has 0 N–H and O–H groups in total. The van der Waals surface area contributed by atoms with Crippen molar-refractivity contribution < 1.29 is 9.21 Å². The zero-order valence-corrected chi connectivity index (χ0v) is 17.5. The minimum Gasteiger partial charge on any atom is -0.411 e. The highest BCUT2D eigenvalue weighted by Crippen LogP contribution is 2.26. The van der Waals surface area contributed by atoms with Crippen molar-refractivity contribution in [3.63, 3.8) is 0 Å². The van der Waals surface area contributed by atoms with E-state index in [-0.39, 0.29) is 5.91 Å². The molecule has 1 saturated heterocycles. The molecular formula is C22H26N4O2S. The Balaban J connectivity index is 1.34. The average Bonchev–Trinajstić information content (AvgIpc) is 3.10. The molecule has 1 aromatic heterocycles. The lowest BCUT2D eigenvalue weighted by Gasteiger charge is -2.21. The Bertz CT molecular complexity index is 974. The highest BCUT2D eigenvalue weighted by Gasteiger charge is 2.20. The Kier molecular flexibility index (Phi) is 6.46. The van der Waals surface area contributed by atoms with Gasteiger partial charge in [-0.15, -0.1) is 10.2 Å². The molecule has 3 aromatic rings. The molecule has 2 aromatic carbocycles. The highest BCUT2D eigenvalue weighted by atomic mass is 32.2. The first-order valence-electron chi connectivity index (χ1n) is 10.2. The second kappa shape index (κ2) is 9.41. The van der Waals surface area contributed by atoms with E-state index in [1.807, 2.05) is 35.2 Å². The molecule has 29 heavy (non-hydrogen) atoms. The maximum Gasteiger partial charge on any atom is 0.277 e. The Morgan fingerprint density at radius 3 is 2.79 bits per heavy atom. The van der Waals surface area contributed by atoms with Crippen molar-refractivity contribution in [2.24, 2.45) is 0 Å². The molecule has 2 heterocycles. The van der Waals surface area contributed by atoms with Gasteiger partial charge in [-0.3, -0.25) is 4.79 Å². The summed E-state index contributed by atoms with van der Waals surface area (Å²) in [5.41, 5.74) is 0.887. The van der Waals surface area contributed by atoms with Gasteiger partial charge in [-0.1, -0.05) is 49.0 Å². The molecule has 0 radical (unpaired) electrons. The number of rotatable bonds is 6. The summed E-state index contributed by atoms with van der Waals surface area (Å²) >= 11 is 1.31. The maximum absolute atomic E-state index is 12.6. The highest BCUT2D eigenvalue weighted by molar-refractivity contribution is 7.99. The van der Waals surface area contributed by atoms with Crippen molar-refractivity contribution in [2.75, 3.05) is 38.5 Å². The summed E-state index contributed by atoms with van der Waals surface area (Å²) in [4.78, 5) is 17.0. The summed E-state index contributed by atoms with van der Waals surface area (Å²) in [5.74, 6) is 0.946. The number of aromatic nitrogens is 2. The molecular weight excluding hydrogens is 384 g/mol. The molecule has 1 amide bonds. The van der Waals surface area contributed by atoms with Crippen LogP contribution < -0.4 is 0 Å². The smallest absolute Gasteiger partial charge is 0.277 e. The second-order valence-corrected chi connectivity index (χ2v) is 8.23. The standard InChI is InChI=1S/C22H26N4O2S/c1-2-10-25-11-5-12-26(14-13-25)20(27)16-29-22-24-23-21(28-22)19-9-8-17-6-3-4-7-18(17)15-19/h3-4,6-9,15H,2,5,10-14,16H2,1H3. The summed E-state index contributed by atoms with van der Waals surface area (Å²) in [6.45, 7) is 6.95. The Morgan fingerprint density at radius 2 is 1.93 bits per heavy atom. The molecule has 6 nitrogen and oxygen atoms in total. The first-order chi connectivity index (χ1) is 14.2. The van der Waals surface area contributed by atoms with Crippen LogP contribution in [0.3, 0.4) is 0 Å². The van der Waals surface area contributed by atoms with Crippen LogP contribution in [-0.4, -0.2) is 64.4 Å². The van der Waals surface area contributed by atoms with Gasteiger partial charge in [-0.2, -0.15) is 0 Å². The normalized spacial score (nSPS) is 15.6. The van der Waals surface area contributed by atoms with Gasteiger partial charge in [0.05, 0.1) is 5.75 Å². The summed E-state index contributed by atoms with van der Waals surface area (Å²) in [5, 5.41) is 11.0. The van der Waals surface area contributed by atoms with Crippen LogP contribution in [0.4, 0.5) is 0 Å². The fourth-order valence-corrected chi connectivity index (χ4v) is 4.35. The molecule has 0 saturated carbocycles. The Hall–Kier alpha value is -2.38. The molecule has 0 bridgehead atoms. The summed E-state index contributed by atoms with van der Waals surface area (Å²) in [6, 6.07) is 14.2. The minimum absolute atomic E-state index is 0.138. The lowest BCUT2D eigenvalue weighted by atomic mass is 10.1. The monoisotopic (exact) mass is 410 g/mol. The number of hydrogen-bond acceptors (Lipinski definition) is 6. The zero-order valence-electron chi connectivity index (χ0n) is 16.7. The van der Waals surface area contributed by atoms with Gasteiger partial charge in [0.1, 0.15) is 0 Å². The lowest BCUT2D eigenvalue weighted by molar-refractivity contribution is -0.128. The van der Waals surface area contributed by atoms with Gasteiger partial charge in [-0.25, -0.2) is 0 Å². The molecule has 152 valence electrons. The van der Waals surface area contributed by atoms with Gasteiger partial charge >= 0.3 is 0 Å². The van der Waals surface area contributed by atoms with Crippen LogP contribution in [0.1, 0.15) is 19.8 Å². The van der Waals surface area contributed by atoms with E-state index in [0.29, 0.717) is 16.9 Å². The van der Waals surface area contributed by atoms with Crippen LogP contribution in [-0.2, 0) is 4.79 Å². The number of nitrogens with zero attached hydrogens (tertiary/aromatic N) is 4. The van der Waals surface area contributed by atoms with Crippen LogP contribution >= 0.6 is 11.8 Å². The van der Waals surface area contributed by atoms with Crippen LogP contribution in [0.15, 0.2) is 52.1 Å². The van der Waals surface area contributed by atoms with Crippen molar-refractivity contribution >= 4 is 28.4 Å². The number of carbonyl (C=O) groups is 1. The van der Waals surface area contributed by atoms with Crippen LogP contribution in [0.5, 0.6) is 0 Å². The molecule has 1 aliphatic heterocycles. The van der Waals surface area contributed by atoms with E-state index < -0.39 is 0 Å². The summed E-state index contributed by atoms with van der Waals surface area (Å²) in [7, 11) is 0. The average molecular weight is 411 g/mol. The van der Waals surface area contributed by atoms with Gasteiger partial charge in [0.15, 0.2) is 0 Å². The SMILES string of the molecule is CCCN1CCCN(C(=O)CSc2nnc(-c3ccc4ccccc4c3)o2)CC1. The zero-order chi connectivity index (χ0) is 20.1. The number of thioether (sulfide) groups is 1. The quantitative estimate of drug-likeness (QED) is 0.574. The molecule has 1 aliphatic rings. The third kappa shape index (κ3) is 4.97. The molecule has 0 atom stereocenters. The van der Waals surface area contributed by atoms with Crippen LogP contribution in [0.2, 0.25) is 0 Å².